The summed E-state index contributed by atoms with van der Waals surface area (Å²) in [5.74, 6) is -0.421. The minimum Gasteiger partial charge on any atom is -0.496 e. The Morgan fingerprint density at radius 2 is 1.89 bits per heavy atom. The van der Waals surface area contributed by atoms with Crippen molar-refractivity contribution in [3.63, 3.8) is 0 Å². The smallest absolute Gasteiger partial charge is 0.257 e. The van der Waals surface area contributed by atoms with Crippen LogP contribution < -0.4 is 9.46 Å². The minimum absolute atomic E-state index is 0.0674. The van der Waals surface area contributed by atoms with Crippen LogP contribution in [0.15, 0.2) is 47.4 Å². The van der Waals surface area contributed by atoms with Crippen LogP contribution in [0.4, 0.5) is 4.39 Å². The van der Waals surface area contributed by atoms with Crippen LogP contribution >= 0.6 is 0 Å². The molecule has 1 aliphatic heterocycles. The molecule has 2 aromatic rings. The number of nitrogens with zero attached hydrogens (tertiary/aromatic N) is 1. The Balaban J connectivity index is 1.85. The second-order valence-electron chi connectivity index (χ2n) is 6.28. The van der Waals surface area contributed by atoms with E-state index in [1.165, 1.54) is 43.5 Å². The highest BCUT2D eigenvalue weighted by atomic mass is 32.2. The maximum absolute atomic E-state index is 13.7. The fourth-order valence-electron chi connectivity index (χ4n) is 3.01. The van der Waals surface area contributed by atoms with Crippen LogP contribution in [0.2, 0.25) is 0 Å². The standard InChI is InChI=1S/C19H21FN2O4S/c1-26-18-9-8-15(12-16(18)19(23)22-10-4-5-11-22)27(24,25)21-13-14-6-2-3-7-17(14)20/h2-3,6-9,12,21H,4-5,10-11,13H2,1H3. The highest BCUT2D eigenvalue weighted by molar-refractivity contribution is 7.89. The minimum atomic E-state index is -3.92. The average Bonchev–Trinajstić information content (AvgIpc) is 3.21. The molecule has 0 spiro atoms. The number of carbonyl (C=O) groups is 1. The first-order valence-corrected chi connectivity index (χ1v) is 10.1. The summed E-state index contributed by atoms with van der Waals surface area (Å²) < 4.78 is 46.5. The van der Waals surface area contributed by atoms with Crippen molar-refractivity contribution >= 4 is 15.9 Å². The van der Waals surface area contributed by atoms with Gasteiger partial charge in [-0.3, -0.25) is 4.79 Å². The number of rotatable bonds is 6. The summed E-state index contributed by atoms with van der Waals surface area (Å²) in [6.45, 7) is 1.10. The molecule has 0 unspecified atom stereocenters. The molecule has 1 amide bonds. The number of hydrogen-bond acceptors (Lipinski definition) is 4. The third-order valence-electron chi connectivity index (χ3n) is 4.52. The lowest BCUT2D eigenvalue weighted by Crippen LogP contribution is -2.29. The van der Waals surface area contributed by atoms with Gasteiger partial charge in [0, 0.05) is 25.2 Å². The average molecular weight is 392 g/mol. The number of likely N-dealkylation sites (tertiary alicyclic amines) is 1. The Bertz CT molecular complexity index is 940. The van der Waals surface area contributed by atoms with E-state index in [-0.39, 0.29) is 28.5 Å². The van der Waals surface area contributed by atoms with Gasteiger partial charge in [0.15, 0.2) is 0 Å². The van der Waals surface area contributed by atoms with Gasteiger partial charge < -0.3 is 9.64 Å². The fraction of sp³-hybridized carbons (Fsp3) is 0.316. The molecule has 1 heterocycles. The van der Waals surface area contributed by atoms with Crippen molar-refractivity contribution in [2.75, 3.05) is 20.2 Å². The second kappa shape index (κ2) is 8.06. The van der Waals surface area contributed by atoms with E-state index < -0.39 is 15.8 Å². The van der Waals surface area contributed by atoms with Crippen molar-refractivity contribution in [2.45, 2.75) is 24.3 Å². The molecule has 0 aliphatic carbocycles. The summed E-state index contributed by atoms with van der Waals surface area (Å²) in [7, 11) is -2.49. The molecule has 1 fully saturated rings. The number of benzene rings is 2. The first-order chi connectivity index (χ1) is 12.9. The van der Waals surface area contributed by atoms with Crippen molar-refractivity contribution in [1.29, 1.82) is 0 Å². The molecule has 0 aromatic heterocycles. The molecule has 2 aromatic carbocycles. The molecule has 1 N–H and O–H groups in total. The normalized spacial score (nSPS) is 14.4. The fourth-order valence-corrected chi connectivity index (χ4v) is 4.04. The molecule has 6 nitrogen and oxygen atoms in total. The molecule has 0 radical (unpaired) electrons. The van der Waals surface area contributed by atoms with E-state index in [4.69, 9.17) is 4.74 Å². The van der Waals surface area contributed by atoms with Gasteiger partial charge in [0.2, 0.25) is 10.0 Å². The maximum atomic E-state index is 13.7. The van der Waals surface area contributed by atoms with Gasteiger partial charge in [-0.2, -0.15) is 0 Å². The third-order valence-corrected chi connectivity index (χ3v) is 5.91. The van der Waals surface area contributed by atoms with Gasteiger partial charge in [0.25, 0.3) is 5.91 Å². The Morgan fingerprint density at radius 1 is 1.19 bits per heavy atom. The lowest BCUT2D eigenvalue weighted by molar-refractivity contribution is 0.0789. The predicted molar refractivity (Wildman–Crippen MR) is 98.6 cm³/mol. The molecule has 3 rings (SSSR count). The summed E-state index contributed by atoms with van der Waals surface area (Å²) in [6.07, 6.45) is 1.85. The van der Waals surface area contributed by atoms with Gasteiger partial charge in [0.05, 0.1) is 17.6 Å². The summed E-state index contributed by atoms with van der Waals surface area (Å²) in [5.41, 5.74) is 0.441. The zero-order valence-electron chi connectivity index (χ0n) is 14.9. The molecule has 8 heteroatoms. The highest BCUT2D eigenvalue weighted by Crippen LogP contribution is 2.25. The zero-order chi connectivity index (χ0) is 19.4. The quantitative estimate of drug-likeness (QED) is 0.820. The Labute approximate surface area is 158 Å². The van der Waals surface area contributed by atoms with Crippen LogP contribution in [0.1, 0.15) is 28.8 Å². The number of nitrogens with one attached hydrogen (secondary N) is 1. The molecular weight excluding hydrogens is 371 g/mol. The lowest BCUT2D eigenvalue weighted by atomic mass is 10.1. The third kappa shape index (κ3) is 4.28. The van der Waals surface area contributed by atoms with Crippen LogP contribution in [0, 0.1) is 5.82 Å². The van der Waals surface area contributed by atoms with Gasteiger partial charge in [0.1, 0.15) is 11.6 Å². The van der Waals surface area contributed by atoms with Crippen LogP contribution in [-0.4, -0.2) is 39.4 Å². The van der Waals surface area contributed by atoms with Crippen molar-refractivity contribution in [2.24, 2.45) is 0 Å². The Hall–Kier alpha value is -2.45. The Kier molecular flexibility index (Phi) is 5.76. The summed E-state index contributed by atoms with van der Waals surface area (Å²) in [5, 5.41) is 0. The number of ether oxygens (including phenoxy) is 1. The van der Waals surface area contributed by atoms with Crippen LogP contribution in [0.3, 0.4) is 0 Å². The largest absolute Gasteiger partial charge is 0.496 e. The monoisotopic (exact) mass is 392 g/mol. The van der Waals surface area contributed by atoms with E-state index in [1.807, 2.05) is 0 Å². The molecule has 27 heavy (non-hydrogen) atoms. The number of halogens is 1. The van der Waals surface area contributed by atoms with Crippen LogP contribution in [-0.2, 0) is 16.6 Å². The van der Waals surface area contributed by atoms with E-state index in [0.29, 0.717) is 18.8 Å². The predicted octanol–water partition coefficient (Wildman–Crippen LogP) is 2.55. The lowest BCUT2D eigenvalue weighted by Gasteiger charge is -2.18. The zero-order valence-corrected chi connectivity index (χ0v) is 15.8. The maximum Gasteiger partial charge on any atom is 0.257 e. The molecule has 144 valence electrons. The Morgan fingerprint density at radius 3 is 2.56 bits per heavy atom. The van der Waals surface area contributed by atoms with Crippen LogP contribution in [0.5, 0.6) is 5.75 Å². The van der Waals surface area contributed by atoms with E-state index in [2.05, 4.69) is 4.72 Å². The first-order valence-electron chi connectivity index (χ1n) is 8.63. The number of carbonyl (C=O) groups excluding carboxylic acids is 1. The summed E-state index contributed by atoms with van der Waals surface area (Å²) >= 11 is 0. The molecule has 0 saturated carbocycles. The molecule has 1 aliphatic rings. The molecule has 0 bridgehead atoms. The first kappa shape index (κ1) is 19.3. The second-order valence-corrected chi connectivity index (χ2v) is 8.04. The van der Waals surface area contributed by atoms with Crippen molar-refractivity contribution in [3.05, 3.63) is 59.4 Å². The van der Waals surface area contributed by atoms with Crippen LogP contribution in [0.25, 0.3) is 0 Å². The van der Waals surface area contributed by atoms with Gasteiger partial charge in [-0.15, -0.1) is 0 Å². The van der Waals surface area contributed by atoms with Gasteiger partial charge in [-0.1, -0.05) is 18.2 Å². The van der Waals surface area contributed by atoms with E-state index in [9.17, 15) is 17.6 Å². The summed E-state index contributed by atoms with van der Waals surface area (Å²) in [6, 6.07) is 10.1. The number of sulfonamides is 1. The molecular formula is C19H21FN2O4S. The number of amides is 1. The van der Waals surface area contributed by atoms with Gasteiger partial charge in [-0.05, 0) is 37.1 Å². The number of hydrogen-bond donors (Lipinski definition) is 1. The molecule has 1 saturated heterocycles. The number of methoxy groups -OCH3 is 1. The van der Waals surface area contributed by atoms with Crippen molar-refractivity contribution in [3.8, 4) is 5.75 Å². The van der Waals surface area contributed by atoms with E-state index >= 15 is 0 Å². The van der Waals surface area contributed by atoms with Crippen molar-refractivity contribution in [1.82, 2.24) is 9.62 Å². The van der Waals surface area contributed by atoms with Gasteiger partial charge in [-0.25, -0.2) is 17.5 Å². The van der Waals surface area contributed by atoms with Gasteiger partial charge >= 0.3 is 0 Å². The topological polar surface area (TPSA) is 75.7 Å². The SMILES string of the molecule is COc1ccc(S(=O)(=O)NCc2ccccc2F)cc1C(=O)N1CCCC1. The van der Waals surface area contributed by atoms with E-state index in [0.717, 1.165) is 12.8 Å². The van der Waals surface area contributed by atoms with E-state index in [1.54, 1.807) is 11.0 Å². The molecule has 0 atom stereocenters. The summed E-state index contributed by atoms with van der Waals surface area (Å²) in [4.78, 5) is 14.3. The van der Waals surface area contributed by atoms with Crippen molar-refractivity contribution < 1.29 is 22.3 Å². The highest BCUT2D eigenvalue weighted by Gasteiger charge is 2.25.